The number of pyridine rings is 1. The summed E-state index contributed by atoms with van der Waals surface area (Å²) in [6, 6.07) is 13.1. The van der Waals surface area contributed by atoms with Crippen LogP contribution in [0.25, 0.3) is 0 Å². The number of hydrogen-bond acceptors (Lipinski definition) is 6. The Hall–Kier alpha value is -3.65. The van der Waals surface area contributed by atoms with E-state index < -0.39 is 5.60 Å². The third kappa shape index (κ3) is 3.87. The van der Waals surface area contributed by atoms with Crippen molar-refractivity contribution in [1.82, 2.24) is 14.8 Å². The fraction of sp³-hybridized carbons (Fsp3) is 0.320. The van der Waals surface area contributed by atoms with Crippen molar-refractivity contribution in [1.29, 1.82) is 0 Å². The molecule has 8 heteroatoms. The summed E-state index contributed by atoms with van der Waals surface area (Å²) in [6.45, 7) is 1.88. The second kappa shape index (κ2) is 8.71. The predicted octanol–water partition coefficient (Wildman–Crippen LogP) is 2.72. The van der Waals surface area contributed by atoms with Gasteiger partial charge in [0.15, 0.2) is 5.60 Å². The highest BCUT2D eigenvalue weighted by atomic mass is 16.5. The zero-order valence-electron chi connectivity index (χ0n) is 18.3. The fourth-order valence-corrected chi connectivity index (χ4v) is 4.74. The lowest BCUT2D eigenvalue weighted by Gasteiger charge is -2.42. The van der Waals surface area contributed by atoms with E-state index in [4.69, 9.17) is 13.9 Å². The molecule has 2 saturated heterocycles. The highest BCUT2D eigenvalue weighted by molar-refractivity contribution is 5.96. The van der Waals surface area contributed by atoms with Gasteiger partial charge in [-0.1, -0.05) is 18.2 Å². The maximum absolute atomic E-state index is 13.9. The maximum Gasteiger partial charge on any atom is 0.257 e. The number of morpholine rings is 1. The lowest BCUT2D eigenvalue weighted by atomic mass is 9.83. The highest BCUT2D eigenvalue weighted by Gasteiger charge is 2.58. The first-order valence-corrected chi connectivity index (χ1v) is 10.9. The Balaban J connectivity index is 1.45. The number of likely N-dealkylation sites (tertiary alicyclic amines) is 1. The smallest absolute Gasteiger partial charge is 0.257 e. The second-order valence-electron chi connectivity index (χ2n) is 8.35. The van der Waals surface area contributed by atoms with Gasteiger partial charge in [-0.15, -0.1) is 0 Å². The van der Waals surface area contributed by atoms with Crippen LogP contribution >= 0.6 is 0 Å². The van der Waals surface area contributed by atoms with Gasteiger partial charge in [0.05, 0.1) is 32.1 Å². The SMILES string of the molecule is COc1ccc(CN2CCOC3(CN(C(=O)c4ccoc4)CC3c3cccnc3)C2=O)cc1. The number of benzene rings is 1. The molecule has 1 aromatic carbocycles. The standard InChI is InChI=1S/C25H25N3O5/c1-31-21-6-4-18(5-7-21)14-27-10-12-33-25(24(27)30)17-28(23(29)20-8-11-32-16-20)15-22(25)19-3-2-9-26-13-19/h2-9,11,13,16,22H,10,12,14-15,17H2,1H3. The van der Waals surface area contributed by atoms with Crippen LogP contribution < -0.4 is 4.74 Å². The molecule has 0 saturated carbocycles. The van der Waals surface area contributed by atoms with Gasteiger partial charge in [-0.05, 0) is 35.4 Å². The molecule has 0 radical (unpaired) electrons. The summed E-state index contributed by atoms with van der Waals surface area (Å²) in [5, 5.41) is 0. The van der Waals surface area contributed by atoms with Crippen LogP contribution in [0.4, 0.5) is 0 Å². The van der Waals surface area contributed by atoms with Gasteiger partial charge >= 0.3 is 0 Å². The Morgan fingerprint density at radius 3 is 2.79 bits per heavy atom. The molecule has 170 valence electrons. The largest absolute Gasteiger partial charge is 0.497 e. The fourth-order valence-electron chi connectivity index (χ4n) is 4.74. The van der Waals surface area contributed by atoms with Crippen LogP contribution in [0.15, 0.2) is 71.8 Å². The number of rotatable bonds is 5. The zero-order valence-corrected chi connectivity index (χ0v) is 18.3. The van der Waals surface area contributed by atoms with Crippen molar-refractivity contribution in [2.45, 2.75) is 18.1 Å². The molecule has 2 aliphatic heterocycles. The minimum Gasteiger partial charge on any atom is -0.497 e. The highest BCUT2D eigenvalue weighted by Crippen LogP contribution is 2.42. The van der Waals surface area contributed by atoms with Crippen LogP contribution in [0, 0.1) is 0 Å². The molecule has 2 aromatic heterocycles. The lowest BCUT2D eigenvalue weighted by Crippen LogP contribution is -2.60. The van der Waals surface area contributed by atoms with Crippen LogP contribution in [0.3, 0.4) is 0 Å². The Morgan fingerprint density at radius 2 is 2.09 bits per heavy atom. The summed E-state index contributed by atoms with van der Waals surface area (Å²) in [7, 11) is 1.62. The first-order chi connectivity index (χ1) is 16.1. The molecule has 0 bridgehead atoms. The molecule has 2 atom stereocenters. The summed E-state index contributed by atoms with van der Waals surface area (Å²) in [6.07, 6.45) is 6.33. The minimum atomic E-state index is -1.16. The first kappa shape index (κ1) is 21.2. The Morgan fingerprint density at radius 1 is 1.24 bits per heavy atom. The van der Waals surface area contributed by atoms with Gasteiger partial charge < -0.3 is 23.7 Å². The molecule has 2 amide bonds. The van der Waals surface area contributed by atoms with Crippen molar-refractivity contribution in [3.63, 3.8) is 0 Å². The van der Waals surface area contributed by atoms with Crippen molar-refractivity contribution in [3.05, 3.63) is 84.1 Å². The molecule has 2 fully saturated rings. The molecule has 33 heavy (non-hydrogen) atoms. The summed E-state index contributed by atoms with van der Waals surface area (Å²) < 4.78 is 16.6. The van der Waals surface area contributed by atoms with E-state index in [1.54, 1.807) is 30.5 Å². The summed E-state index contributed by atoms with van der Waals surface area (Å²) in [4.78, 5) is 34.8. The number of nitrogens with zero attached hydrogens (tertiary/aromatic N) is 3. The monoisotopic (exact) mass is 447 g/mol. The molecule has 2 unspecified atom stereocenters. The third-order valence-electron chi connectivity index (χ3n) is 6.44. The van der Waals surface area contributed by atoms with Gasteiger partial charge in [0.1, 0.15) is 12.0 Å². The van der Waals surface area contributed by atoms with E-state index in [9.17, 15) is 9.59 Å². The van der Waals surface area contributed by atoms with Crippen molar-refractivity contribution in [3.8, 4) is 5.75 Å². The Labute approximate surface area is 191 Å². The quantitative estimate of drug-likeness (QED) is 0.598. The number of carbonyl (C=O) groups is 2. The van der Waals surface area contributed by atoms with Gasteiger partial charge in [0.2, 0.25) is 0 Å². The van der Waals surface area contributed by atoms with E-state index in [2.05, 4.69) is 4.98 Å². The number of carbonyl (C=O) groups excluding carboxylic acids is 2. The summed E-state index contributed by atoms with van der Waals surface area (Å²) in [5.41, 5.74) is 1.17. The molecule has 8 nitrogen and oxygen atoms in total. The normalized spacial score (nSPS) is 22.7. The van der Waals surface area contributed by atoms with E-state index in [0.717, 1.165) is 16.9 Å². The van der Waals surface area contributed by atoms with Crippen LogP contribution in [0.1, 0.15) is 27.4 Å². The number of aromatic nitrogens is 1. The number of methoxy groups -OCH3 is 1. The van der Waals surface area contributed by atoms with Gasteiger partial charge in [0.25, 0.3) is 11.8 Å². The Bertz CT molecular complexity index is 1120. The molecule has 1 spiro atoms. The maximum atomic E-state index is 13.9. The molecule has 2 aliphatic rings. The molecule has 0 aliphatic carbocycles. The van der Waals surface area contributed by atoms with Crippen molar-refractivity contribution < 1.29 is 23.5 Å². The molecule has 3 aromatic rings. The van der Waals surface area contributed by atoms with E-state index in [-0.39, 0.29) is 24.3 Å². The Kier molecular flexibility index (Phi) is 5.60. The van der Waals surface area contributed by atoms with Gasteiger partial charge in [-0.3, -0.25) is 14.6 Å². The van der Waals surface area contributed by atoms with Gasteiger partial charge in [0, 0.05) is 37.9 Å². The number of furan rings is 1. The topological polar surface area (TPSA) is 85.1 Å². The van der Waals surface area contributed by atoms with E-state index in [1.165, 1.54) is 12.5 Å². The van der Waals surface area contributed by atoms with E-state index >= 15 is 0 Å². The average molecular weight is 447 g/mol. The van der Waals surface area contributed by atoms with Gasteiger partial charge in [-0.25, -0.2) is 0 Å². The second-order valence-corrected chi connectivity index (χ2v) is 8.35. The van der Waals surface area contributed by atoms with Crippen LogP contribution in [-0.2, 0) is 16.1 Å². The number of hydrogen-bond donors (Lipinski definition) is 0. The summed E-state index contributed by atoms with van der Waals surface area (Å²) in [5.74, 6) is 0.150. The van der Waals surface area contributed by atoms with Crippen LogP contribution in [-0.4, -0.2) is 65.6 Å². The molecule has 5 rings (SSSR count). The zero-order chi connectivity index (χ0) is 22.8. The first-order valence-electron chi connectivity index (χ1n) is 10.9. The van der Waals surface area contributed by atoms with Crippen molar-refractivity contribution in [2.75, 3.05) is 33.4 Å². The van der Waals surface area contributed by atoms with Crippen molar-refractivity contribution >= 4 is 11.8 Å². The summed E-state index contributed by atoms with van der Waals surface area (Å²) >= 11 is 0. The predicted molar refractivity (Wildman–Crippen MR) is 119 cm³/mol. The number of ether oxygens (including phenoxy) is 2. The molecular formula is C25H25N3O5. The average Bonchev–Trinajstić information content (AvgIpc) is 3.52. The van der Waals surface area contributed by atoms with Gasteiger partial charge in [-0.2, -0.15) is 0 Å². The minimum absolute atomic E-state index is 0.110. The van der Waals surface area contributed by atoms with Crippen LogP contribution in [0.2, 0.25) is 0 Å². The molecule has 0 N–H and O–H groups in total. The number of amides is 2. The van der Waals surface area contributed by atoms with Crippen molar-refractivity contribution in [2.24, 2.45) is 0 Å². The van der Waals surface area contributed by atoms with E-state index in [1.807, 2.05) is 41.3 Å². The molecular weight excluding hydrogens is 422 g/mol. The third-order valence-corrected chi connectivity index (χ3v) is 6.44. The van der Waals surface area contributed by atoms with E-state index in [0.29, 0.717) is 31.8 Å². The molecule has 4 heterocycles. The lowest BCUT2D eigenvalue weighted by molar-refractivity contribution is -0.172. The van der Waals surface area contributed by atoms with Crippen LogP contribution in [0.5, 0.6) is 5.75 Å².